The number of halogens is 1. The van der Waals surface area contributed by atoms with Gasteiger partial charge in [-0.2, -0.15) is 0 Å². The molecule has 1 aliphatic carbocycles. The SMILES string of the molecule is Nc1cc(NS(=O)(=O)C2CCCCC2)ccc1F. The number of hydrogen-bond donors (Lipinski definition) is 2. The largest absolute Gasteiger partial charge is 0.396 e. The van der Waals surface area contributed by atoms with Gasteiger partial charge in [-0.05, 0) is 31.0 Å². The van der Waals surface area contributed by atoms with Crippen molar-refractivity contribution < 1.29 is 12.8 Å². The van der Waals surface area contributed by atoms with Crippen LogP contribution in [0.3, 0.4) is 0 Å². The monoisotopic (exact) mass is 272 g/mol. The Hall–Kier alpha value is -1.30. The summed E-state index contributed by atoms with van der Waals surface area (Å²) in [6.07, 6.45) is 4.35. The topological polar surface area (TPSA) is 72.2 Å². The molecule has 0 aliphatic heterocycles. The normalized spacial score (nSPS) is 17.6. The first kappa shape index (κ1) is 13.1. The zero-order valence-electron chi connectivity index (χ0n) is 10.0. The summed E-state index contributed by atoms with van der Waals surface area (Å²) in [5.74, 6) is -0.546. The lowest BCUT2D eigenvalue weighted by molar-refractivity contribution is 0.486. The highest BCUT2D eigenvalue weighted by Crippen LogP contribution is 2.26. The van der Waals surface area contributed by atoms with Gasteiger partial charge < -0.3 is 5.73 Å². The van der Waals surface area contributed by atoms with Crippen LogP contribution in [0.5, 0.6) is 0 Å². The van der Waals surface area contributed by atoms with Crippen LogP contribution >= 0.6 is 0 Å². The highest BCUT2D eigenvalue weighted by atomic mass is 32.2. The van der Waals surface area contributed by atoms with Crippen LogP contribution in [-0.4, -0.2) is 13.7 Å². The molecular formula is C12H17FN2O2S. The number of nitrogens with one attached hydrogen (secondary N) is 1. The summed E-state index contributed by atoms with van der Waals surface area (Å²) in [5, 5.41) is -0.350. The maximum absolute atomic E-state index is 13.0. The van der Waals surface area contributed by atoms with Crippen LogP contribution in [0.25, 0.3) is 0 Å². The third kappa shape index (κ3) is 2.93. The van der Waals surface area contributed by atoms with Crippen molar-refractivity contribution in [3.05, 3.63) is 24.0 Å². The predicted octanol–water partition coefficient (Wildman–Crippen LogP) is 2.48. The molecule has 0 bridgehead atoms. The van der Waals surface area contributed by atoms with Gasteiger partial charge >= 0.3 is 0 Å². The average molecular weight is 272 g/mol. The van der Waals surface area contributed by atoms with Gasteiger partial charge in [0.05, 0.1) is 16.6 Å². The molecule has 0 spiro atoms. The van der Waals surface area contributed by atoms with Crippen molar-refractivity contribution in [3.8, 4) is 0 Å². The maximum Gasteiger partial charge on any atom is 0.235 e. The minimum atomic E-state index is -3.39. The Morgan fingerprint density at radius 1 is 1.22 bits per heavy atom. The van der Waals surface area contributed by atoms with Gasteiger partial charge in [0.1, 0.15) is 5.82 Å². The minimum absolute atomic E-state index is 0.0566. The van der Waals surface area contributed by atoms with Crippen LogP contribution in [0.1, 0.15) is 32.1 Å². The van der Waals surface area contributed by atoms with E-state index in [0.717, 1.165) is 25.3 Å². The Morgan fingerprint density at radius 3 is 2.50 bits per heavy atom. The number of hydrogen-bond acceptors (Lipinski definition) is 3. The molecule has 1 saturated carbocycles. The van der Waals surface area contributed by atoms with Gasteiger partial charge in [0, 0.05) is 0 Å². The Morgan fingerprint density at radius 2 is 1.89 bits per heavy atom. The first-order valence-corrected chi connectivity index (χ1v) is 7.60. The molecule has 4 nitrogen and oxygen atoms in total. The highest BCUT2D eigenvalue weighted by molar-refractivity contribution is 7.93. The van der Waals surface area contributed by atoms with E-state index in [0.29, 0.717) is 18.5 Å². The van der Waals surface area contributed by atoms with Crippen molar-refractivity contribution >= 4 is 21.4 Å². The van der Waals surface area contributed by atoms with Crippen molar-refractivity contribution in [1.82, 2.24) is 0 Å². The first-order valence-electron chi connectivity index (χ1n) is 6.06. The molecule has 0 saturated heterocycles. The van der Waals surface area contributed by atoms with E-state index in [1.165, 1.54) is 12.1 Å². The van der Waals surface area contributed by atoms with Gasteiger partial charge in [0.2, 0.25) is 10.0 Å². The van der Waals surface area contributed by atoms with E-state index in [1.54, 1.807) is 0 Å². The second-order valence-corrected chi connectivity index (χ2v) is 6.60. The zero-order valence-corrected chi connectivity index (χ0v) is 10.8. The minimum Gasteiger partial charge on any atom is -0.396 e. The van der Waals surface area contributed by atoms with Gasteiger partial charge in [-0.25, -0.2) is 12.8 Å². The van der Waals surface area contributed by atoms with Gasteiger partial charge in [0.15, 0.2) is 0 Å². The standard InChI is InChI=1S/C12H17FN2O2S/c13-11-7-6-9(8-12(11)14)15-18(16,17)10-4-2-1-3-5-10/h6-8,10,15H,1-5,14H2. The summed E-state index contributed by atoms with van der Waals surface area (Å²) in [5.41, 5.74) is 5.67. The summed E-state index contributed by atoms with van der Waals surface area (Å²) >= 11 is 0. The van der Waals surface area contributed by atoms with E-state index in [1.807, 2.05) is 0 Å². The van der Waals surface area contributed by atoms with E-state index in [2.05, 4.69) is 4.72 Å². The average Bonchev–Trinajstić information content (AvgIpc) is 2.35. The van der Waals surface area contributed by atoms with Gasteiger partial charge in [-0.1, -0.05) is 19.3 Å². The fourth-order valence-corrected chi connectivity index (χ4v) is 3.81. The lowest BCUT2D eigenvalue weighted by atomic mass is 10.0. The van der Waals surface area contributed by atoms with E-state index in [4.69, 9.17) is 5.73 Å². The predicted molar refractivity (Wildman–Crippen MR) is 70.2 cm³/mol. The number of benzene rings is 1. The van der Waals surface area contributed by atoms with Crippen LogP contribution in [0.2, 0.25) is 0 Å². The molecule has 1 aliphatic rings. The van der Waals surface area contributed by atoms with E-state index < -0.39 is 15.8 Å². The molecule has 1 fully saturated rings. The second kappa shape index (κ2) is 5.14. The number of rotatable bonds is 3. The van der Waals surface area contributed by atoms with Crippen molar-refractivity contribution in [2.24, 2.45) is 0 Å². The van der Waals surface area contributed by atoms with Gasteiger partial charge in [0.25, 0.3) is 0 Å². The second-order valence-electron chi connectivity index (χ2n) is 4.64. The lowest BCUT2D eigenvalue weighted by Gasteiger charge is -2.22. The maximum atomic E-state index is 13.0. The quantitative estimate of drug-likeness (QED) is 0.830. The zero-order chi connectivity index (χ0) is 13.2. The molecule has 0 heterocycles. The van der Waals surface area contributed by atoms with E-state index in [9.17, 15) is 12.8 Å². The molecule has 18 heavy (non-hydrogen) atoms. The molecule has 1 aromatic carbocycles. The summed E-state index contributed by atoms with van der Waals surface area (Å²) in [4.78, 5) is 0. The summed E-state index contributed by atoms with van der Waals surface area (Å²) in [6, 6.07) is 3.84. The van der Waals surface area contributed by atoms with Crippen molar-refractivity contribution in [1.29, 1.82) is 0 Å². The van der Waals surface area contributed by atoms with Crippen LogP contribution in [0.15, 0.2) is 18.2 Å². The van der Waals surface area contributed by atoms with Crippen LogP contribution < -0.4 is 10.5 Å². The van der Waals surface area contributed by atoms with Crippen LogP contribution in [0.4, 0.5) is 15.8 Å². The number of anilines is 2. The van der Waals surface area contributed by atoms with E-state index >= 15 is 0 Å². The number of nitrogen functional groups attached to an aromatic ring is 1. The van der Waals surface area contributed by atoms with Gasteiger partial charge in [-0.15, -0.1) is 0 Å². The summed E-state index contributed by atoms with van der Waals surface area (Å²) in [6.45, 7) is 0. The van der Waals surface area contributed by atoms with Crippen LogP contribution in [-0.2, 0) is 10.0 Å². The first-order chi connectivity index (χ1) is 8.49. The van der Waals surface area contributed by atoms with Crippen molar-refractivity contribution in [2.45, 2.75) is 37.4 Å². The van der Waals surface area contributed by atoms with Crippen molar-refractivity contribution in [2.75, 3.05) is 10.5 Å². The molecule has 6 heteroatoms. The third-order valence-electron chi connectivity index (χ3n) is 3.25. The number of sulfonamides is 1. The Kier molecular flexibility index (Phi) is 3.75. The molecule has 100 valence electrons. The molecule has 0 radical (unpaired) electrons. The molecule has 0 atom stereocenters. The fraction of sp³-hybridized carbons (Fsp3) is 0.500. The molecule has 2 rings (SSSR count). The highest BCUT2D eigenvalue weighted by Gasteiger charge is 2.27. The third-order valence-corrected chi connectivity index (χ3v) is 5.12. The van der Waals surface area contributed by atoms with Gasteiger partial charge in [-0.3, -0.25) is 4.72 Å². The fourth-order valence-electron chi connectivity index (χ4n) is 2.23. The molecule has 0 unspecified atom stereocenters. The Balaban J connectivity index is 2.13. The summed E-state index contributed by atoms with van der Waals surface area (Å²) < 4.78 is 39.7. The molecule has 1 aromatic rings. The lowest BCUT2D eigenvalue weighted by Crippen LogP contribution is -2.29. The molecule has 0 aromatic heterocycles. The van der Waals surface area contributed by atoms with E-state index in [-0.39, 0.29) is 10.9 Å². The molecule has 3 N–H and O–H groups in total. The molecular weight excluding hydrogens is 255 g/mol. The van der Waals surface area contributed by atoms with Crippen LogP contribution in [0, 0.1) is 5.82 Å². The Labute approximate surface area is 106 Å². The Bertz CT molecular complexity index is 525. The number of nitrogens with two attached hydrogens (primary N) is 1. The van der Waals surface area contributed by atoms with Crippen molar-refractivity contribution in [3.63, 3.8) is 0 Å². The molecule has 0 amide bonds. The summed E-state index contributed by atoms with van der Waals surface area (Å²) in [7, 11) is -3.39. The smallest absolute Gasteiger partial charge is 0.235 e.